The van der Waals surface area contributed by atoms with Gasteiger partial charge in [0.15, 0.2) is 0 Å². The summed E-state index contributed by atoms with van der Waals surface area (Å²) in [4.78, 5) is 11.5. The van der Waals surface area contributed by atoms with Crippen LogP contribution in [-0.2, 0) is 11.3 Å². The third-order valence-electron chi connectivity index (χ3n) is 4.30. The number of benzene rings is 1. The molecule has 0 unspecified atom stereocenters. The van der Waals surface area contributed by atoms with E-state index in [0.717, 1.165) is 0 Å². The van der Waals surface area contributed by atoms with Crippen LogP contribution in [0, 0.1) is 5.41 Å². The van der Waals surface area contributed by atoms with E-state index in [1.54, 1.807) is 29.1 Å². The molecule has 130 valence electrons. The Balaban J connectivity index is 2.04. The number of rotatable bonds is 8. The molecule has 1 aromatic heterocycles. The fourth-order valence-corrected chi connectivity index (χ4v) is 2.86. The van der Waals surface area contributed by atoms with E-state index < -0.39 is 11.4 Å². The predicted molar refractivity (Wildman–Crippen MR) is 93.7 cm³/mol. The molecule has 0 bridgehead atoms. The second kappa shape index (κ2) is 7.96. The zero-order valence-corrected chi connectivity index (χ0v) is 15.1. The summed E-state index contributed by atoms with van der Waals surface area (Å²) in [5.74, 6) is -0.783. The quantitative estimate of drug-likeness (QED) is 0.742. The molecule has 2 N–H and O–H groups in total. The first-order chi connectivity index (χ1) is 11.4. The summed E-state index contributed by atoms with van der Waals surface area (Å²) in [7, 11) is 0. The lowest BCUT2D eigenvalue weighted by Crippen LogP contribution is -2.40. The SMILES string of the molecule is CCC(CC)(CNCc1cn(-c2cccc(Cl)c2Cl)nn1)C(=O)O. The highest BCUT2D eigenvalue weighted by Crippen LogP contribution is 2.28. The Morgan fingerprint density at radius 3 is 2.67 bits per heavy atom. The average Bonchev–Trinajstić information content (AvgIpc) is 3.03. The van der Waals surface area contributed by atoms with Gasteiger partial charge in [-0.1, -0.05) is 48.3 Å². The number of hydrogen-bond donors (Lipinski definition) is 2. The highest BCUT2D eigenvalue weighted by molar-refractivity contribution is 6.43. The topological polar surface area (TPSA) is 80.0 Å². The van der Waals surface area contributed by atoms with Crippen LogP contribution in [0.15, 0.2) is 24.4 Å². The van der Waals surface area contributed by atoms with Crippen molar-refractivity contribution in [1.29, 1.82) is 0 Å². The van der Waals surface area contributed by atoms with Crippen LogP contribution in [0.25, 0.3) is 5.69 Å². The first-order valence-corrected chi connectivity index (χ1v) is 8.49. The molecule has 0 fully saturated rings. The van der Waals surface area contributed by atoms with Crippen LogP contribution in [0.4, 0.5) is 0 Å². The first-order valence-electron chi connectivity index (χ1n) is 7.73. The van der Waals surface area contributed by atoms with Crippen LogP contribution >= 0.6 is 23.2 Å². The van der Waals surface area contributed by atoms with Gasteiger partial charge >= 0.3 is 5.97 Å². The van der Waals surface area contributed by atoms with Gasteiger partial charge in [-0.3, -0.25) is 4.79 Å². The second-order valence-corrected chi connectivity index (χ2v) is 6.41. The second-order valence-electron chi connectivity index (χ2n) is 5.62. The van der Waals surface area contributed by atoms with Crippen LogP contribution in [0.2, 0.25) is 10.0 Å². The van der Waals surface area contributed by atoms with E-state index in [1.807, 2.05) is 13.8 Å². The Kier molecular flexibility index (Phi) is 6.21. The third-order valence-corrected chi connectivity index (χ3v) is 5.10. The van der Waals surface area contributed by atoms with Crippen LogP contribution in [0.3, 0.4) is 0 Å². The van der Waals surface area contributed by atoms with Gasteiger partial charge in [-0.05, 0) is 25.0 Å². The Labute approximate surface area is 150 Å². The number of nitrogens with zero attached hydrogens (tertiary/aromatic N) is 3. The lowest BCUT2D eigenvalue weighted by Gasteiger charge is -2.26. The van der Waals surface area contributed by atoms with Gasteiger partial charge in [-0.2, -0.15) is 0 Å². The van der Waals surface area contributed by atoms with Gasteiger partial charge < -0.3 is 10.4 Å². The molecular formula is C16H20Cl2N4O2. The van der Waals surface area contributed by atoms with Crippen molar-refractivity contribution in [3.05, 3.63) is 40.1 Å². The Morgan fingerprint density at radius 1 is 1.33 bits per heavy atom. The van der Waals surface area contributed by atoms with E-state index in [4.69, 9.17) is 23.2 Å². The molecule has 1 heterocycles. The van der Waals surface area contributed by atoms with Crippen molar-refractivity contribution in [1.82, 2.24) is 20.3 Å². The van der Waals surface area contributed by atoms with Gasteiger partial charge in [0, 0.05) is 13.1 Å². The van der Waals surface area contributed by atoms with Gasteiger partial charge in [0.1, 0.15) is 0 Å². The maximum absolute atomic E-state index is 11.5. The van der Waals surface area contributed by atoms with Crippen molar-refractivity contribution in [3.63, 3.8) is 0 Å². The molecule has 6 nitrogen and oxygen atoms in total. The summed E-state index contributed by atoms with van der Waals surface area (Å²) in [5.41, 5.74) is 0.578. The van der Waals surface area contributed by atoms with Gasteiger partial charge in [0.2, 0.25) is 0 Å². The summed E-state index contributed by atoms with van der Waals surface area (Å²) in [6.07, 6.45) is 2.87. The molecule has 8 heteroatoms. The van der Waals surface area contributed by atoms with Gasteiger partial charge in [-0.15, -0.1) is 5.10 Å². The molecule has 2 aromatic rings. The summed E-state index contributed by atoms with van der Waals surface area (Å²) in [5, 5.41) is 21.6. The van der Waals surface area contributed by atoms with Crippen LogP contribution in [0.5, 0.6) is 0 Å². The molecule has 1 aromatic carbocycles. The zero-order valence-electron chi connectivity index (χ0n) is 13.6. The van der Waals surface area contributed by atoms with Gasteiger partial charge in [0.25, 0.3) is 0 Å². The van der Waals surface area contributed by atoms with Crippen molar-refractivity contribution in [3.8, 4) is 5.69 Å². The van der Waals surface area contributed by atoms with Gasteiger partial charge in [0.05, 0.1) is 33.0 Å². The van der Waals surface area contributed by atoms with Crippen LogP contribution < -0.4 is 5.32 Å². The molecule has 0 aliphatic rings. The number of carboxylic acids is 1. The van der Waals surface area contributed by atoms with Crippen LogP contribution in [-0.4, -0.2) is 32.6 Å². The predicted octanol–water partition coefficient (Wildman–Crippen LogP) is 3.55. The van der Waals surface area contributed by atoms with Crippen molar-refractivity contribution < 1.29 is 9.90 Å². The number of aromatic nitrogens is 3. The highest BCUT2D eigenvalue weighted by atomic mass is 35.5. The normalized spacial score (nSPS) is 11.7. The molecule has 0 saturated heterocycles. The molecule has 0 aliphatic carbocycles. The lowest BCUT2D eigenvalue weighted by molar-refractivity contribution is -0.149. The molecule has 2 rings (SSSR count). The molecule has 0 radical (unpaired) electrons. The molecular weight excluding hydrogens is 351 g/mol. The van der Waals surface area contributed by atoms with Crippen LogP contribution in [0.1, 0.15) is 32.4 Å². The highest BCUT2D eigenvalue weighted by Gasteiger charge is 2.34. The zero-order chi connectivity index (χ0) is 17.7. The van der Waals surface area contributed by atoms with E-state index in [1.165, 1.54) is 0 Å². The molecule has 0 aliphatic heterocycles. The van der Waals surface area contributed by atoms with Crippen molar-refractivity contribution in [2.45, 2.75) is 33.2 Å². The van der Waals surface area contributed by atoms with Crippen molar-refractivity contribution >= 4 is 29.2 Å². The monoisotopic (exact) mass is 370 g/mol. The minimum absolute atomic E-state index is 0.375. The van der Waals surface area contributed by atoms with Crippen molar-refractivity contribution in [2.24, 2.45) is 5.41 Å². The fourth-order valence-electron chi connectivity index (χ4n) is 2.47. The minimum atomic E-state index is -0.783. The number of hydrogen-bond acceptors (Lipinski definition) is 4. The van der Waals surface area contributed by atoms with E-state index in [2.05, 4.69) is 15.6 Å². The van der Waals surface area contributed by atoms with E-state index in [9.17, 15) is 9.90 Å². The largest absolute Gasteiger partial charge is 0.481 e. The van der Waals surface area contributed by atoms with E-state index in [-0.39, 0.29) is 0 Å². The summed E-state index contributed by atoms with van der Waals surface area (Å²) in [6, 6.07) is 5.28. The van der Waals surface area contributed by atoms with Gasteiger partial charge in [-0.25, -0.2) is 4.68 Å². The number of nitrogens with one attached hydrogen (secondary N) is 1. The minimum Gasteiger partial charge on any atom is -0.481 e. The molecule has 0 saturated carbocycles. The summed E-state index contributed by atoms with van der Waals surface area (Å²) in [6.45, 7) is 4.57. The smallest absolute Gasteiger partial charge is 0.310 e. The number of aliphatic carboxylic acids is 1. The molecule has 0 amide bonds. The Hall–Kier alpha value is -1.63. The Morgan fingerprint density at radius 2 is 2.04 bits per heavy atom. The summed E-state index contributed by atoms with van der Waals surface area (Å²) >= 11 is 12.2. The standard InChI is InChI=1S/C16H20Cl2N4O2/c1-3-16(4-2,15(23)24)10-19-8-11-9-22(21-20-11)13-7-5-6-12(17)14(13)18/h5-7,9,19H,3-4,8,10H2,1-2H3,(H,23,24). The first kappa shape index (κ1) is 18.7. The number of carbonyl (C=O) groups is 1. The van der Waals surface area contributed by atoms with E-state index >= 15 is 0 Å². The Bertz CT molecular complexity index is 714. The average molecular weight is 371 g/mol. The third kappa shape index (κ3) is 3.88. The number of halogens is 2. The lowest BCUT2D eigenvalue weighted by atomic mass is 9.82. The fraction of sp³-hybridized carbons (Fsp3) is 0.438. The molecule has 0 atom stereocenters. The molecule has 0 spiro atoms. The number of carboxylic acid groups (broad SMARTS) is 1. The summed E-state index contributed by atoms with van der Waals surface area (Å²) < 4.78 is 1.55. The maximum atomic E-state index is 11.5. The van der Waals surface area contributed by atoms with E-state index in [0.29, 0.717) is 47.4 Å². The molecule has 24 heavy (non-hydrogen) atoms. The maximum Gasteiger partial charge on any atom is 0.310 e. The van der Waals surface area contributed by atoms with Crippen molar-refractivity contribution in [2.75, 3.05) is 6.54 Å².